The molecule has 0 fully saturated rings. The van der Waals surface area contributed by atoms with Crippen LogP contribution in [0.2, 0.25) is 15.1 Å². The molecule has 1 unspecified atom stereocenters. The fourth-order valence-electron chi connectivity index (χ4n) is 0.950. The SMILES string of the molecule is OCC(O)CNc1cc(Cl)c(Cl)cc1Cl. The molecule has 0 amide bonds. The van der Waals surface area contributed by atoms with Gasteiger partial charge in [-0.15, -0.1) is 0 Å². The van der Waals surface area contributed by atoms with Crippen molar-refractivity contribution in [3.8, 4) is 0 Å². The van der Waals surface area contributed by atoms with E-state index in [4.69, 9.17) is 45.0 Å². The van der Waals surface area contributed by atoms with Crippen molar-refractivity contribution in [2.45, 2.75) is 6.10 Å². The van der Waals surface area contributed by atoms with Gasteiger partial charge >= 0.3 is 0 Å². The van der Waals surface area contributed by atoms with Crippen LogP contribution in [0.1, 0.15) is 0 Å². The van der Waals surface area contributed by atoms with Gasteiger partial charge in [0.05, 0.1) is 33.5 Å². The lowest BCUT2D eigenvalue weighted by Gasteiger charge is -2.12. The molecule has 3 nitrogen and oxygen atoms in total. The van der Waals surface area contributed by atoms with E-state index in [1.807, 2.05) is 0 Å². The third kappa shape index (κ3) is 3.70. The standard InChI is InChI=1S/C9H10Cl3NO2/c10-6-1-8(12)9(2-7(6)11)13-3-5(15)4-14/h1-2,5,13-15H,3-4H2. The van der Waals surface area contributed by atoms with E-state index in [1.165, 1.54) is 6.07 Å². The van der Waals surface area contributed by atoms with E-state index in [9.17, 15) is 0 Å². The number of hydrogen-bond acceptors (Lipinski definition) is 3. The Morgan fingerprint density at radius 3 is 2.33 bits per heavy atom. The summed E-state index contributed by atoms with van der Waals surface area (Å²) >= 11 is 17.4. The van der Waals surface area contributed by atoms with Crippen molar-refractivity contribution in [3.05, 3.63) is 27.2 Å². The van der Waals surface area contributed by atoms with Gasteiger partial charge in [0, 0.05) is 6.54 Å². The van der Waals surface area contributed by atoms with Gasteiger partial charge in [-0.1, -0.05) is 34.8 Å². The lowest BCUT2D eigenvalue weighted by molar-refractivity contribution is 0.105. The van der Waals surface area contributed by atoms with E-state index < -0.39 is 6.10 Å². The largest absolute Gasteiger partial charge is 0.394 e. The molecule has 0 aromatic heterocycles. The molecule has 0 spiro atoms. The molecule has 0 saturated carbocycles. The molecule has 3 N–H and O–H groups in total. The van der Waals surface area contributed by atoms with E-state index in [2.05, 4.69) is 5.32 Å². The highest BCUT2D eigenvalue weighted by atomic mass is 35.5. The smallest absolute Gasteiger partial charge is 0.0942 e. The van der Waals surface area contributed by atoms with Crippen molar-refractivity contribution in [1.29, 1.82) is 0 Å². The molecule has 0 bridgehead atoms. The minimum Gasteiger partial charge on any atom is -0.394 e. The van der Waals surface area contributed by atoms with Crippen LogP contribution in [0.4, 0.5) is 5.69 Å². The van der Waals surface area contributed by atoms with E-state index in [0.717, 1.165) is 0 Å². The average molecular weight is 271 g/mol. The Morgan fingerprint density at radius 1 is 1.13 bits per heavy atom. The summed E-state index contributed by atoms with van der Waals surface area (Å²) in [5.74, 6) is 0. The van der Waals surface area contributed by atoms with E-state index in [1.54, 1.807) is 6.07 Å². The summed E-state index contributed by atoms with van der Waals surface area (Å²) in [6.07, 6.45) is -0.837. The van der Waals surface area contributed by atoms with E-state index in [0.29, 0.717) is 20.8 Å². The zero-order chi connectivity index (χ0) is 11.4. The highest BCUT2D eigenvalue weighted by Crippen LogP contribution is 2.32. The van der Waals surface area contributed by atoms with Crippen molar-refractivity contribution < 1.29 is 10.2 Å². The number of halogens is 3. The van der Waals surface area contributed by atoms with E-state index in [-0.39, 0.29) is 13.2 Å². The molecular formula is C9H10Cl3NO2. The molecule has 1 rings (SSSR count). The second kappa shape index (κ2) is 5.77. The van der Waals surface area contributed by atoms with Crippen LogP contribution in [-0.2, 0) is 0 Å². The topological polar surface area (TPSA) is 52.5 Å². The van der Waals surface area contributed by atoms with Gasteiger partial charge in [-0.05, 0) is 12.1 Å². The molecule has 0 saturated heterocycles. The fraction of sp³-hybridized carbons (Fsp3) is 0.333. The van der Waals surface area contributed by atoms with Crippen LogP contribution in [0.15, 0.2) is 12.1 Å². The molecule has 1 aromatic rings. The van der Waals surface area contributed by atoms with Gasteiger partial charge in [-0.25, -0.2) is 0 Å². The van der Waals surface area contributed by atoms with Crippen LogP contribution in [0, 0.1) is 0 Å². The second-order valence-electron chi connectivity index (χ2n) is 2.96. The van der Waals surface area contributed by atoms with Crippen LogP contribution >= 0.6 is 34.8 Å². The number of aliphatic hydroxyl groups excluding tert-OH is 2. The summed E-state index contributed by atoms with van der Waals surface area (Å²) in [5, 5.41) is 21.7. The summed E-state index contributed by atoms with van der Waals surface area (Å²) in [7, 11) is 0. The highest BCUT2D eigenvalue weighted by Gasteiger charge is 2.07. The molecule has 0 radical (unpaired) electrons. The molecule has 6 heteroatoms. The maximum absolute atomic E-state index is 9.12. The second-order valence-corrected chi connectivity index (χ2v) is 4.19. The zero-order valence-corrected chi connectivity index (χ0v) is 9.94. The fourth-order valence-corrected chi connectivity index (χ4v) is 1.56. The quantitative estimate of drug-likeness (QED) is 0.737. The molecule has 15 heavy (non-hydrogen) atoms. The van der Waals surface area contributed by atoms with Gasteiger partial charge in [0.2, 0.25) is 0 Å². The maximum Gasteiger partial charge on any atom is 0.0942 e. The first-order chi connectivity index (χ1) is 7.04. The first kappa shape index (κ1) is 12.9. The number of nitrogens with one attached hydrogen (secondary N) is 1. The summed E-state index contributed by atoms with van der Waals surface area (Å²) in [6, 6.07) is 3.08. The molecule has 1 atom stereocenters. The Bertz CT molecular complexity index is 346. The molecule has 0 aliphatic heterocycles. The van der Waals surface area contributed by atoms with Crippen molar-refractivity contribution in [2.24, 2.45) is 0 Å². The monoisotopic (exact) mass is 269 g/mol. The molecular weight excluding hydrogens is 260 g/mol. The lowest BCUT2D eigenvalue weighted by atomic mass is 10.3. The first-order valence-corrected chi connectivity index (χ1v) is 5.35. The normalized spacial score (nSPS) is 12.6. The molecule has 84 valence electrons. The Labute approximate surface area is 103 Å². The third-order valence-corrected chi connectivity index (χ3v) is 2.78. The summed E-state index contributed by atoms with van der Waals surface area (Å²) in [5.41, 5.74) is 0.568. The van der Waals surface area contributed by atoms with Crippen LogP contribution < -0.4 is 5.32 Å². The van der Waals surface area contributed by atoms with Crippen molar-refractivity contribution >= 4 is 40.5 Å². The van der Waals surface area contributed by atoms with Crippen LogP contribution in [0.5, 0.6) is 0 Å². The average Bonchev–Trinajstić information content (AvgIpc) is 2.21. The van der Waals surface area contributed by atoms with Gasteiger partial charge in [0.15, 0.2) is 0 Å². The predicted octanol–water partition coefficient (Wildman–Crippen LogP) is 2.41. The minimum atomic E-state index is -0.837. The Balaban J connectivity index is 2.73. The Kier molecular flexibility index (Phi) is 4.96. The van der Waals surface area contributed by atoms with Crippen molar-refractivity contribution in [1.82, 2.24) is 0 Å². The number of benzene rings is 1. The van der Waals surface area contributed by atoms with E-state index >= 15 is 0 Å². The molecule has 0 heterocycles. The number of rotatable bonds is 4. The number of aliphatic hydroxyl groups is 2. The molecule has 0 aliphatic carbocycles. The van der Waals surface area contributed by atoms with Crippen molar-refractivity contribution in [3.63, 3.8) is 0 Å². The highest BCUT2D eigenvalue weighted by molar-refractivity contribution is 6.44. The van der Waals surface area contributed by atoms with Crippen LogP contribution in [0.3, 0.4) is 0 Å². The van der Waals surface area contributed by atoms with Crippen LogP contribution in [0.25, 0.3) is 0 Å². The molecule has 1 aromatic carbocycles. The summed E-state index contributed by atoms with van der Waals surface area (Å²) in [4.78, 5) is 0. The summed E-state index contributed by atoms with van der Waals surface area (Å²) < 4.78 is 0. The molecule has 0 aliphatic rings. The van der Waals surface area contributed by atoms with Gasteiger partial charge in [0.1, 0.15) is 0 Å². The minimum absolute atomic E-state index is 0.189. The van der Waals surface area contributed by atoms with Crippen LogP contribution in [-0.4, -0.2) is 29.5 Å². The number of hydrogen-bond donors (Lipinski definition) is 3. The van der Waals surface area contributed by atoms with Crippen molar-refractivity contribution in [2.75, 3.05) is 18.5 Å². The van der Waals surface area contributed by atoms with Gasteiger partial charge < -0.3 is 15.5 Å². The van der Waals surface area contributed by atoms with Gasteiger partial charge in [-0.3, -0.25) is 0 Å². The zero-order valence-electron chi connectivity index (χ0n) is 7.67. The lowest BCUT2D eigenvalue weighted by Crippen LogP contribution is -2.23. The Hall–Kier alpha value is -0.190. The third-order valence-electron chi connectivity index (χ3n) is 1.75. The maximum atomic E-state index is 9.12. The van der Waals surface area contributed by atoms with Gasteiger partial charge in [-0.2, -0.15) is 0 Å². The first-order valence-electron chi connectivity index (χ1n) is 4.22. The summed E-state index contributed by atoms with van der Waals surface area (Å²) in [6.45, 7) is -0.125. The predicted molar refractivity (Wildman–Crippen MR) is 63.1 cm³/mol. The van der Waals surface area contributed by atoms with Gasteiger partial charge in [0.25, 0.3) is 0 Å². The Morgan fingerprint density at radius 2 is 1.73 bits per heavy atom. The number of anilines is 1.